The van der Waals surface area contributed by atoms with E-state index in [9.17, 15) is 0 Å². The number of nitrogens with zero attached hydrogens (tertiary/aromatic N) is 1. The van der Waals surface area contributed by atoms with Crippen LogP contribution in [0, 0.1) is 0 Å². The monoisotopic (exact) mass is 593 g/mol. The largest absolute Gasteiger partial charge is 0.571 e. The Balaban J connectivity index is 1.94. The molecule has 0 radical (unpaired) electrons. The van der Waals surface area contributed by atoms with Gasteiger partial charge in [-0.2, -0.15) is 9.05 Å². The smallest absolute Gasteiger partial charge is 0.423 e. The quantitative estimate of drug-likeness (QED) is 0.201. The molecule has 3 aromatic rings. The molecule has 0 saturated carbocycles. The van der Waals surface area contributed by atoms with Crippen LogP contribution >= 0.6 is 23.7 Å². The fourth-order valence-electron chi connectivity index (χ4n) is 3.62. The Morgan fingerprint density at radius 2 is 1.10 bits per heavy atom. The molecule has 0 spiro atoms. The summed E-state index contributed by atoms with van der Waals surface area (Å²) in [6.45, 7) is 11.6. The standard InChI is InChI=1S/C27H38N3O6P3/c1-22(2)31-37(34-25-16-10-7-11-17-25)28-38(32-23(3)4,35-26-18-12-8-13-19-26)30-39(29-37,33-24(5)6)36-27-20-14-9-15-21-27/h7-24,28-29H,1-6H3/q+2. The Morgan fingerprint density at radius 3 is 1.59 bits per heavy atom. The lowest BCUT2D eigenvalue weighted by Gasteiger charge is -2.35. The lowest BCUT2D eigenvalue weighted by molar-refractivity contribution is 0.198. The van der Waals surface area contributed by atoms with Crippen LogP contribution in [0.25, 0.3) is 0 Å². The van der Waals surface area contributed by atoms with Crippen LogP contribution in [0.4, 0.5) is 0 Å². The summed E-state index contributed by atoms with van der Waals surface area (Å²) in [7, 11) is -10.1. The van der Waals surface area contributed by atoms with Gasteiger partial charge in [0.2, 0.25) is 0 Å². The van der Waals surface area contributed by atoms with Gasteiger partial charge in [0.1, 0.15) is 18.0 Å². The Bertz CT molecular complexity index is 1240. The first-order valence-corrected chi connectivity index (χ1v) is 17.7. The van der Waals surface area contributed by atoms with Crippen molar-refractivity contribution in [1.29, 1.82) is 0 Å². The van der Waals surface area contributed by atoms with E-state index in [1.807, 2.05) is 133 Å². The van der Waals surface area contributed by atoms with E-state index in [-0.39, 0.29) is 18.3 Å². The van der Waals surface area contributed by atoms with E-state index in [0.29, 0.717) is 17.2 Å². The van der Waals surface area contributed by atoms with Gasteiger partial charge in [0.15, 0.2) is 11.5 Å². The van der Waals surface area contributed by atoms with Gasteiger partial charge in [-0.25, -0.2) is 0 Å². The lowest BCUT2D eigenvalue weighted by Crippen LogP contribution is -2.40. The fourth-order valence-corrected chi connectivity index (χ4v) is 14.3. The van der Waals surface area contributed by atoms with Crippen molar-refractivity contribution in [2.24, 2.45) is 4.52 Å². The molecule has 9 nitrogen and oxygen atoms in total. The molecule has 210 valence electrons. The Hall–Kier alpha value is -2.05. The summed E-state index contributed by atoms with van der Waals surface area (Å²) >= 11 is 0. The second-order valence-electron chi connectivity index (χ2n) is 9.56. The molecule has 1 aliphatic rings. The molecule has 1 heterocycles. The molecule has 4 rings (SSSR count). The highest BCUT2D eigenvalue weighted by Crippen LogP contribution is 2.81. The molecule has 3 atom stereocenters. The molecule has 2 N–H and O–H groups in total. The Morgan fingerprint density at radius 1 is 0.615 bits per heavy atom. The molecule has 0 aromatic heterocycles. The van der Waals surface area contributed by atoms with Crippen LogP contribution in [0.1, 0.15) is 41.5 Å². The van der Waals surface area contributed by atoms with Gasteiger partial charge in [-0.05, 0) is 82.8 Å². The first-order chi connectivity index (χ1) is 18.6. The third-order valence-electron chi connectivity index (χ3n) is 4.74. The number of hydrogen-bond acceptors (Lipinski definition) is 9. The van der Waals surface area contributed by atoms with Gasteiger partial charge in [0.25, 0.3) is 0 Å². The van der Waals surface area contributed by atoms with Crippen LogP contribution in [0.5, 0.6) is 17.2 Å². The second kappa shape index (κ2) is 13.1. The molecule has 3 unspecified atom stereocenters. The minimum absolute atomic E-state index is 0.240. The topological polar surface area (TPSA) is 91.8 Å². The predicted molar refractivity (Wildman–Crippen MR) is 159 cm³/mol. The average molecular weight is 594 g/mol. The SMILES string of the molecule is CC(C)OP1(Oc2ccccc2)=N[P+](Oc2ccccc2)(OC(C)C)N[P+](Oc2ccccc2)(OC(C)C)N1. The van der Waals surface area contributed by atoms with Gasteiger partial charge in [-0.3, -0.25) is 13.6 Å². The summed E-state index contributed by atoms with van der Waals surface area (Å²) in [5.41, 5.74) is 0. The number of hydrogen-bond donors (Lipinski definition) is 2. The van der Waals surface area contributed by atoms with Crippen molar-refractivity contribution in [2.75, 3.05) is 0 Å². The predicted octanol–water partition coefficient (Wildman–Crippen LogP) is 8.99. The van der Waals surface area contributed by atoms with Crippen LogP contribution in [0.15, 0.2) is 95.5 Å². The van der Waals surface area contributed by atoms with Crippen molar-refractivity contribution in [2.45, 2.75) is 59.9 Å². The van der Waals surface area contributed by atoms with Gasteiger partial charge in [-0.15, -0.1) is 0 Å². The van der Waals surface area contributed by atoms with Crippen molar-refractivity contribution in [1.82, 2.24) is 9.72 Å². The molecule has 0 aliphatic carbocycles. The van der Waals surface area contributed by atoms with E-state index >= 15 is 0 Å². The second-order valence-corrected chi connectivity index (χ2v) is 16.2. The zero-order valence-corrected chi connectivity index (χ0v) is 25.8. The maximum Gasteiger partial charge on any atom is 0.571 e. The lowest BCUT2D eigenvalue weighted by atomic mass is 10.3. The first-order valence-electron chi connectivity index (χ1n) is 12.9. The summed E-state index contributed by atoms with van der Waals surface area (Å²) in [5, 5.41) is 0. The normalized spacial score (nSPS) is 24.9. The van der Waals surface area contributed by atoms with Crippen LogP contribution in [0.2, 0.25) is 0 Å². The summed E-state index contributed by atoms with van der Waals surface area (Å²) in [6, 6.07) is 28.3. The molecule has 3 aromatic carbocycles. The Kier molecular flexibility index (Phi) is 10.0. The number of rotatable bonds is 12. The Labute approximate surface area is 233 Å². The van der Waals surface area contributed by atoms with Crippen LogP contribution in [-0.4, -0.2) is 18.3 Å². The fraction of sp³-hybridized carbons (Fsp3) is 0.333. The van der Waals surface area contributed by atoms with E-state index < -0.39 is 23.7 Å². The third-order valence-corrected chi connectivity index (χ3v) is 14.3. The van der Waals surface area contributed by atoms with E-state index in [0.717, 1.165) is 0 Å². The van der Waals surface area contributed by atoms with Gasteiger partial charge in [-0.1, -0.05) is 54.6 Å². The van der Waals surface area contributed by atoms with Crippen molar-refractivity contribution >= 4 is 23.7 Å². The first kappa shape index (κ1) is 29.9. The molecular formula is C27H38N3O6P3+2. The minimum atomic E-state index is -3.39. The zero-order chi connectivity index (χ0) is 27.9. The van der Waals surface area contributed by atoms with Gasteiger partial charge in [0.05, 0.1) is 11.0 Å². The van der Waals surface area contributed by atoms with E-state index in [4.69, 9.17) is 31.7 Å². The highest BCUT2D eigenvalue weighted by atomic mass is 31.3. The van der Waals surface area contributed by atoms with Gasteiger partial charge in [0, 0.05) is 4.52 Å². The third kappa shape index (κ3) is 8.47. The molecule has 0 bridgehead atoms. The van der Waals surface area contributed by atoms with Gasteiger partial charge >= 0.3 is 23.7 Å². The van der Waals surface area contributed by atoms with Crippen molar-refractivity contribution in [3.63, 3.8) is 0 Å². The maximum absolute atomic E-state index is 6.65. The molecule has 1 aliphatic heterocycles. The summed E-state index contributed by atoms with van der Waals surface area (Å²) in [4.78, 5) is 6.95. The van der Waals surface area contributed by atoms with E-state index in [1.54, 1.807) is 0 Å². The zero-order valence-electron chi connectivity index (χ0n) is 23.1. The molecular weight excluding hydrogens is 555 g/mol. The van der Waals surface area contributed by atoms with E-state index in [1.165, 1.54) is 0 Å². The number of benzene rings is 3. The van der Waals surface area contributed by atoms with Crippen molar-refractivity contribution in [3.05, 3.63) is 91.0 Å². The van der Waals surface area contributed by atoms with Crippen LogP contribution in [0.3, 0.4) is 0 Å². The minimum Gasteiger partial charge on any atom is -0.423 e. The molecule has 39 heavy (non-hydrogen) atoms. The van der Waals surface area contributed by atoms with Crippen molar-refractivity contribution in [3.8, 4) is 17.2 Å². The van der Waals surface area contributed by atoms with Gasteiger partial charge < -0.3 is 4.52 Å². The van der Waals surface area contributed by atoms with Crippen LogP contribution < -0.4 is 23.3 Å². The summed E-state index contributed by atoms with van der Waals surface area (Å²) < 4.78 is 44.7. The highest BCUT2D eigenvalue weighted by molar-refractivity contribution is 7.88. The molecule has 0 amide bonds. The molecule has 0 saturated heterocycles. The average Bonchev–Trinajstić information content (AvgIpc) is 2.83. The number of nitrogens with one attached hydrogen (secondary N) is 2. The van der Waals surface area contributed by atoms with Crippen molar-refractivity contribution < 1.29 is 27.1 Å². The maximum atomic E-state index is 6.65. The highest BCUT2D eigenvalue weighted by Gasteiger charge is 2.73. The van der Waals surface area contributed by atoms with E-state index in [2.05, 4.69) is 9.72 Å². The molecule has 12 heteroatoms. The summed E-state index contributed by atoms with van der Waals surface area (Å²) in [5.74, 6) is 1.75. The molecule has 0 fully saturated rings. The number of para-hydroxylation sites is 3. The summed E-state index contributed by atoms with van der Waals surface area (Å²) in [6.07, 6.45) is -0.756. The van der Waals surface area contributed by atoms with Crippen LogP contribution in [-0.2, 0) is 13.6 Å².